The molecule has 0 aliphatic heterocycles. The molecule has 2 unspecified atom stereocenters. The Morgan fingerprint density at radius 3 is 1.03 bits per heavy atom. The number of fused-ring (bicyclic) bond motifs is 6. The highest BCUT2D eigenvalue weighted by Gasteiger charge is 2.20. The minimum Gasteiger partial charge on any atom is -0.550 e. The molecule has 0 saturated carbocycles. The smallest absolute Gasteiger partial charge is 0.195 e. The minimum atomic E-state index is -1.45. The van der Waals surface area contributed by atoms with Gasteiger partial charge in [-0.1, -0.05) is 123 Å². The molecule has 0 fully saturated rings. The summed E-state index contributed by atoms with van der Waals surface area (Å²) in [7, 11) is 0. The van der Waals surface area contributed by atoms with E-state index in [0.29, 0.717) is 41.6 Å². The molecular weight excluding hydrogens is 1250 g/mol. The van der Waals surface area contributed by atoms with Gasteiger partial charge in [-0.15, -0.1) is 34.0 Å². The first kappa shape index (κ1) is 86.4. The Morgan fingerprint density at radius 1 is 0.326 bits per heavy atom. The minimum absolute atomic E-state index is 0. The summed E-state index contributed by atoms with van der Waals surface area (Å²) in [6, 6.07) is 22.7. The molecule has 0 spiro atoms. The van der Waals surface area contributed by atoms with Gasteiger partial charge >= 0.3 is 0 Å². The molecule has 2 atom stereocenters. The third kappa shape index (κ3) is 20.1. The summed E-state index contributed by atoms with van der Waals surface area (Å²) in [5.74, 6) is -14.3. The molecule has 0 amide bonds. The van der Waals surface area contributed by atoms with Crippen LogP contribution in [0, 0.1) is 0 Å². The van der Waals surface area contributed by atoms with Gasteiger partial charge in [-0.2, -0.15) is 0 Å². The van der Waals surface area contributed by atoms with E-state index in [2.05, 4.69) is 0 Å². The lowest BCUT2D eigenvalue weighted by molar-refractivity contribution is -0.308. The zero-order valence-corrected chi connectivity index (χ0v) is 45.5. The van der Waals surface area contributed by atoms with Crippen LogP contribution in [0.3, 0.4) is 0 Å². The van der Waals surface area contributed by atoms with Gasteiger partial charge in [-0.3, -0.25) is 14.4 Å². The largest absolute Gasteiger partial charge is 0.550 e. The fraction of sp³-hybridized carbons (Fsp3) is 0.294. The van der Waals surface area contributed by atoms with Crippen molar-refractivity contribution in [3.8, 4) is 0 Å². The number of rotatable bonds is 18. The van der Waals surface area contributed by atoms with E-state index in [1.54, 1.807) is 36.4 Å². The van der Waals surface area contributed by atoms with Gasteiger partial charge in [-0.05, 0) is 98.6 Å². The molecule has 9 aromatic rings. The number of carbonyl (C=O) groups excluding carboxylic acids is 9. The average molecular weight is 1320 g/mol. The van der Waals surface area contributed by atoms with Gasteiger partial charge < -0.3 is 89.1 Å². The summed E-state index contributed by atoms with van der Waals surface area (Å²) in [6.07, 6.45) is -3.60. The molecule has 3 aromatic heterocycles. The highest BCUT2D eigenvalue weighted by Crippen LogP contribution is 2.36. The second-order valence-corrected chi connectivity index (χ2v) is 22.0. The van der Waals surface area contributed by atoms with Crippen LogP contribution in [0.2, 0.25) is 0 Å². The van der Waals surface area contributed by atoms with Crippen LogP contribution >= 0.6 is 34.0 Å². The van der Waals surface area contributed by atoms with E-state index in [9.17, 15) is 103 Å². The summed E-state index contributed by atoms with van der Waals surface area (Å²) in [6.45, 7) is 2.91. The van der Waals surface area contributed by atoms with E-state index >= 15 is 0 Å². The third-order valence-electron chi connectivity index (χ3n) is 12.9. The molecule has 6 aromatic carbocycles. The summed E-state index contributed by atoms with van der Waals surface area (Å²) in [5, 5.41) is 101. The first-order valence-electron chi connectivity index (χ1n) is 24.5. The number of hydrogen-bond donors (Lipinski definition) is 0. The fourth-order valence-corrected chi connectivity index (χ4v) is 12.9. The SMILES string of the molecule is C.C.C.C.C.C.C.C.C.CC(C(=O)[O-])c1cc(C(C)C(=O)[O-])c2sc3ccccc3c(=O)c2c1.O=C([O-])Cc1cc(CC(=O)[O-])c2sc3c(CC(=O)[O-])cc(CC(=O)[O-])cc3c(=O)c2c1.O=C([O-])Cc1ccc2sc3c(CC(=O)[O-])cc(CC(=O)[O-])cc3c(=O)c2c1. The number of aliphatic carboxylic acids is 9. The average Bonchev–Trinajstić information content (AvgIpc) is 0.778. The van der Waals surface area contributed by atoms with Gasteiger partial charge in [0.2, 0.25) is 0 Å². The van der Waals surface area contributed by atoms with E-state index < -0.39 is 115 Å². The van der Waals surface area contributed by atoms with Crippen LogP contribution in [-0.2, 0) is 88.1 Å². The lowest BCUT2D eigenvalue weighted by atomic mass is 9.92. The first-order chi connectivity index (χ1) is 39.1. The monoisotopic (exact) mass is 1320 g/mol. The van der Waals surface area contributed by atoms with Gasteiger partial charge in [0.1, 0.15) is 0 Å². The Morgan fingerprint density at radius 2 is 0.641 bits per heavy atom. The molecule has 0 saturated heterocycles. The molecule has 24 heteroatoms. The molecule has 0 bridgehead atoms. The van der Waals surface area contributed by atoms with Crippen LogP contribution in [0.15, 0.2) is 105 Å². The summed E-state index contributed by atoms with van der Waals surface area (Å²) in [5.41, 5.74) is 0.912. The van der Waals surface area contributed by atoms with Crippen LogP contribution < -0.4 is 62.2 Å². The Bertz CT molecular complexity index is 4340. The van der Waals surface area contributed by atoms with Crippen LogP contribution in [-0.4, -0.2) is 53.7 Å². The predicted molar refractivity (Wildman–Crippen MR) is 345 cm³/mol. The molecule has 0 radical (unpaired) electrons. The van der Waals surface area contributed by atoms with Gasteiger partial charge in [0.05, 0.1) is 0 Å². The lowest BCUT2D eigenvalue weighted by Crippen LogP contribution is -2.29. The van der Waals surface area contributed by atoms with Crippen molar-refractivity contribution in [3.05, 3.63) is 172 Å². The maximum atomic E-state index is 13.2. The molecule has 0 aliphatic rings. The van der Waals surface area contributed by atoms with E-state index in [4.69, 9.17) is 0 Å². The van der Waals surface area contributed by atoms with Crippen molar-refractivity contribution < 1.29 is 89.1 Å². The van der Waals surface area contributed by atoms with Gasteiger partial charge in [-0.25, -0.2) is 0 Å². The number of carboxylic acids is 9. The van der Waals surface area contributed by atoms with E-state index in [0.717, 1.165) is 16.0 Å². The molecule has 21 nitrogen and oxygen atoms in total. The molecule has 498 valence electrons. The van der Waals surface area contributed by atoms with Crippen molar-refractivity contribution in [2.75, 3.05) is 0 Å². The molecule has 9 rings (SSSR count). The maximum Gasteiger partial charge on any atom is 0.195 e. The fourth-order valence-electron chi connectivity index (χ4n) is 9.21. The maximum absolute atomic E-state index is 13.2. The van der Waals surface area contributed by atoms with Crippen LogP contribution in [0.5, 0.6) is 0 Å². The highest BCUT2D eigenvalue weighted by molar-refractivity contribution is 7.25. The van der Waals surface area contributed by atoms with E-state index in [1.807, 2.05) is 0 Å². The van der Waals surface area contributed by atoms with E-state index in [-0.39, 0.29) is 143 Å². The van der Waals surface area contributed by atoms with Crippen LogP contribution in [0.1, 0.15) is 143 Å². The quantitative estimate of drug-likeness (QED) is 0.110. The van der Waals surface area contributed by atoms with Gasteiger partial charge in [0, 0.05) is 171 Å². The van der Waals surface area contributed by atoms with Crippen LogP contribution in [0.25, 0.3) is 60.5 Å². The molecule has 3 heterocycles. The number of hydrogen-bond acceptors (Lipinski definition) is 24. The Labute approximate surface area is 543 Å². The first-order valence-corrected chi connectivity index (χ1v) is 26.9. The lowest BCUT2D eigenvalue weighted by Gasteiger charge is -2.20. The summed E-state index contributed by atoms with van der Waals surface area (Å²) >= 11 is 3.43. The summed E-state index contributed by atoms with van der Waals surface area (Å²) < 4.78 is 2.72. The second kappa shape index (κ2) is 36.2. The highest BCUT2D eigenvalue weighted by atomic mass is 32.1. The Hall–Kier alpha value is -9.78. The second-order valence-electron chi connectivity index (χ2n) is 18.9. The molecule has 0 N–H and O–H groups in total. The standard InChI is InChI=1S/C21H16O9S.C19H14O7S.C19H16O5S.9CH4/c22-15(23)5-9-1-11(7-17(26)27)20-13(3-9)19(30)14-4-10(6-16(24)25)2-12(8-18(28)29)21(14)31-20;20-15(21)6-9-1-2-14-12(4-9)18(26)13-5-10(7-16(22)23)3-11(8-17(24)25)19(13)27-14;1-9(18(21)22)11-7-13(10(2)19(23)24)17-14(8-11)16(20)12-5-3-4-6-15(12)25-17;;;;;;;;;/h1-4H,5-8H2,(H,22,23)(H,24,25)(H,26,27)(H,28,29);1-5H,6-8H2,(H,20,21)(H,22,23)(H,24,25);3-10H,1-2H3,(H,21,22)(H,23,24);9*1H4/p-9. The Kier molecular flexibility index (Phi) is 34.0. The molecular formula is C68H73O21S3-9. The van der Waals surface area contributed by atoms with Crippen molar-refractivity contribution in [2.24, 2.45) is 0 Å². The Balaban J connectivity index is -0.00000124. The predicted octanol–water partition coefficient (Wildman–Crippen LogP) is 1.72. The number of carbonyl (C=O) groups is 9. The van der Waals surface area contributed by atoms with Crippen molar-refractivity contribution in [2.45, 2.75) is 137 Å². The van der Waals surface area contributed by atoms with Crippen LogP contribution in [0.4, 0.5) is 0 Å². The van der Waals surface area contributed by atoms with Gasteiger partial charge in [0.25, 0.3) is 0 Å². The van der Waals surface area contributed by atoms with E-state index in [1.165, 1.54) is 91.1 Å². The van der Waals surface area contributed by atoms with Crippen molar-refractivity contribution in [1.82, 2.24) is 0 Å². The molecule has 0 aliphatic carbocycles. The van der Waals surface area contributed by atoms with Crippen molar-refractivity contribution >= 4 is 148 Å². The zero-order chi connectivity index (χ0) is 60.9. The number of benzene rings is 6. The zero-order valence-electron chi connectivity index (χ0n) is 43.1. The van der Waals surface area contributed by atoms with Crippen molar-refractivity contribution in [3.63, 3.8) is 0 Å². The molecule has 92 heavy (non-hydrogen) atoms. The van der Waals surface area contributed by atoms with Crippen molar-refractivity contribution in [1.29, 1.82) is 0 Å². The topological polar surface area (TPSA) is 412 Å². The van der Waals surface area contributed by atoms with Gasteiger partial charge in [0.15, 0.2) is 16.3 Å². The number of carboxylic acid groups (broad SMARTS) is 9. The third-order valence-corrected chi connectivity index (χ3v) is 16.8. The summed E-state index contributed by atoms with van der Waals surface area (Å²) in [4.78, 5) is 139. The normalized spacial score (nSPS) is 10.6.